The van der Waals surface area contributed by atoms with Crippen molar-refractivity contribution in [3.63, 3.8) is 0 Å². The zero-order valence-electron chi connectivity index (χ0n) is 14.6. The lowest BCUT2D eigenvalue weighted by Crippen LogP contribution is -2.41. The molecule has 0 bridgehead atoms. The van der Waals surface area contributed by atoms with Gasteiger partial charge in [-0.3, -0.25) is 9.78 Å². The Labute approximate surface area is 146 Å². The Morgan fingerprint density at radius 1 is 1.36 bits per heavy atom. The highest BCUT2D eigenvalue weighted by Crippen LogP contribution is 2.38. The summed E-state index contributed by atoms with van der Waals surface area (Å²) in [7, 11) is 1.57. The number of nitrogens with one attached hydrogen (secondary N) is 1. The van der Waals surface area contributed by atoms with Gasteiger partial charge in [0.1, 0.15) is 11.5 Å². The number of aliphatic hydroxyl groups is 1. The zero-order valence-corrected chi connectivity index (χ0v) is 14.6. The molecule has 0 radical (unpaired) electrons. The van der Waals surface area contributed by atoms with Crippen molar-refractivity contribution in [2.75, 3.05) is 7.11 Å². The van der Waals surface area contributed by atoms with Crippen LogP contribution in [0, 0.1) is 5.92 Å². The number of hydrogen-bond donors (Lipinski definition) is 2. The van der Waals surface area contributed by atoms with E-state index in [9.17, 15) is 9.90 Å². The molecule has 0 aromatic carbocycles. The van der Waals surface area contributed by atoms with Crippen molar-refractivity contribution in [2.24, 2.45) is 5.92 Å². The van der Waals surface area contributed by atoms with Crippen molar-refractivity contribution < 1.29 is 19.2 Å². The lowest BCUT2D eigenvalue weighted by atomic mass is 9.75. The smallest absolute Gasteiger partial charge is 0.273 e. The van der Waals surface area contributed by atoms with Gasteiger partial charge in [0.25, 0.3) is 5.91 Å². The van der Waals surface area contributed by atoms with E-state index in [1.54, 1.807) is 25.6 Å². The molecular weight excluding hydrogens is 322 g/mol. The van der Waals surface area contributed by atoms with Crippen LogP contribution in [0.25, 0.3) is 0 Å². The predicted octanol–water partition coefficient (Wildman–Crippen LogP) is 2.44. The molecule has 1 aliphatic carbocycles. The molecular formula is C18H23N3O4. The highest BCUT2D eigenvalue weighted by Gasteiger charge is 2.36. The first kappa shape index (κ1) is 17.4. The van der Waals surface area contributed by atoms with E-state index >= 15 is 0 Å². The van der Waals surface area contributed by atoms with E-state index in [1.165, 1.54) is 0 Å². The summed E-state index contributed by atoms with van der Waals surface area (Å²) in [5, 5.41) is 16.5. The van der Waals surface area contributed by atoms with E-state index in [0.29, 0.717) is 24.4 Å². The second-order valence-corrected chi connectivity index (χ2v) is 6.76. The Morgan fingerprint density at radius 2 is 2.12 bits per heavy atom. The van der Waals surface area contributed by atoms with Gasteiger partial charge in [-0.1, -0.05) is 19.0 Å². The van der Waals surface area contributed by atoms with Gasteiger partial charge in [-0.2, -0.15) is 0 Å². The zero-order chi connectivity index (χ0) is 18.0. The quantitative estimate of drug-likeness (QED) is 0.834. The number of ether oxygens (including phenoxy) is 1. The van der Waals surface area contributed by atoms with Gasteiger partial charge in [0.2, 0.25) is 0 Å². The summed E-state index contributed by atoms with van der Waals surface area (Å²) in [6.07, 6.45) is 4.28. The standard InChI is InChI=1S/C18H23N3O4/c1-10(2)16-7-15(21-25-16)18(23)20-17(11-4-13(22)5-11)12-6-14(24-3)9-19-8-12/h6-11,13,17,22H,4-5H2,1-3H3,(H,20,23)/t11?,13?,17-/m0/s1. The van der Waals surface area contributed by atoms with Crippen LogP contribution in [0.4, 0.5) is 0 Å². The second kappa shape index (κ2) is 7.23. The number of methoxy groups -OCH3 is 1. The van der Waals surface area contributed by atoms with Crippen LogP contribution in [0.1, 0.15) is 60.5 Å². The van der Waals surface area contributed by atoms with Crippen LogP contribution in [0.3, 0.4) is 0 Å². The van der Waals surface area contributed by atoms with E-state index in [-0.39, 0.29) is 35.6 Å². The van der Waals surface area contributed by atoms with Crippen molar-refractivity contribution >= 4 is 5.91 Å². The molecule has 134 valence electrons. The van der Waals surface area contributed by atoms with Crippen LogP contribution in [0.15, 0.2) is 29.0 Å². The third kappa shape index (κ3) is 3.82. The van der Waals surface area contributed by atoms with Gasteiger partial charge in [-0.25, -0.2) is 0 Å². The summed E-state index contributed by atoms with van der Waals surface area (Å²) in [6, 6.07) is 3.25. The molecule has 1 atom stereocenters. The number of aliphatic hydroxyl groups excluding tert-OH is 1. The first-order chi connectivity index (χ1) is 12.0. The first-order valence-electron chi connectivity index (χ1n) is 8.42. The number of carbonyl (C=O) groups excluding carboxylic acids is 1. The summed E-state index contributed by atoms with van der Waals surface area (Å²) >= 11 is 0. The van der Waals surface area contributed by atoms with Gasteiger partial charge < -0.3 is 19.7 Å². The number of pyridine rings is 1. The second-order valence-electron chi connectivity index (χ2n) is 6.76. The third-order valence-corrected chi connectivity index (χ3v) is 4.57. The van der Waals surface area contributed by atoms with Gasteiger partial charge >= 0.3 is 0 Å². The molecule has 1 fully saturated rings. The van der Waals surface area contributed by atoms with Crippen LogP contribution < -0.4 is 10.1 Å². The van der Waals surface area contributed by atoms with E-state index in [1.807, 2.05) is 19.9 Å². The molecule has 1 saturated carbocycles. The number of nitrogens with zero attached hydrogens (tertiary/aromatic N) is 2. The molecule has 7 nitrogen and oxygen atoms in total. The van der Waals surface area contributed by atoms with Crippen LogP contribution in [-0.2, 0) is 0 Å². The third-order valence-electron chi connectivity index (χ3n) is 4.57. The van der Waals surface area contributed by atoms with Crippen LogP contribution in [0.2, 0.25) is 0 Å². The SMILES string of the molecule is COc1cncc([C@@H](NC(=O)c2cc(C(C)C)on2)C2CC(O)C2)c1. The first-order valence-corrected chi connectivity index (χ1v) is 8.42. The molecule has 2 aromatic heterocycles. The largest absolute Gasteiger partial charge is 0.495 e. The van der Waals surface area contributed by atoms with Crippen molar-refractivity contribution in [3.05, 3.63) is 41.5 Å². The summed E-state index contributed by atoms with van der Waals surface area (Å²) in [6.45, 7) is 3.95. The Morgan fingerprint density at radius 3 is 2.72 bits per heavy atom. The molecule has 0 aliphatic heterocycles. The monoisotopic (exact) mass is 345 g/mol. The van der Waals surface area contributed by atoms with Crippen molar-refractivity contribution in [1.82, 2.24) is 15.5 Å². The summed E-state index contributed by atoms with van der Waals surface area (Å²) in [5.74, 6) is 1.30. The lowest BCUT2D eigenvalue weighted by Gasteiger charge is -2.38. The van der Waals surface area contributed by atoms with Gasteiger partial charge in [-0.15, -0.1) is 0 Å². The number of hydrogen-bond acceptors (Lipinski definition) is 6. The van der Waals surface area contributed by atoms with E-state index in [2.05, 4.69) is 15.5 Å². The molecule has 25 heavy (non-hydrogen) atoms. The minimum Gasteiger partial charge on any atom is -0.495 e. The Hall–Kier alpha value is -2.41. The molecule has 2 N–H and O–H groups in total. The normalized spacial score (nSPS) is 20.8. The van der Waals surface area contributed by atoms with Gasteiger partial charge in [0.15, 0.2) is 5.69 Å². The minimum atomic E-state index is -0.317. The molecule has 2 aromatic rings. The molecule has 7 heteroatoms. The molecule has 3 rings (SSSR count). The van der Waals surface area contributed by atoms with E-state index in [0.717, 1.165) is 5.56 Å². The van der Waals surface area contributed by atoms with Crippen LogP contribution >= 0.6 is 0 Å². The average Bonchev–Trinajstić information content (AvgIpc) is 3.07. The summed E-state index contributed by atoms with van der Waals surface area (Å²) in [5.41, 5.74) is 1.10. The Kier molecular flexibility index (Phi) is 5.03. The molecule has 0 saturated heterocycles. The Balaban J connectivity index is 1.80. The number of rotatable bonds is 6. The fourth-order valence-corrected chi connectivity index (χ4v) is 2.98. The number of amides is 1. The predicted molar refractivity (Wildman–Crippen MR) is 90.3 cm³/mol. The van der Waals surface area contributed by atoms with E-state index in [4.69, 9.17) is 9.26 Å². The highest BCUT2D eigenvalue weighted by atomic mass is 16.5. The van der Waals surface area contributed by atoms with Gasteiger partial charge in [0.05, 0.1) is 25.5 Å². The number of carbonyl (C=O) groups is 1. The fourth-order valence-electron chi connectivity index (χ4n) is 2.98. The molecule has 0 spiro atoms. The summed E-state index contributed by atoms with van der Waals surface area (Å²) < 4.78 is 10.4. The van der Waals surface area contributed by atoms with Crippen LogP contribution in [0.5, 0.6) is 5.75 Å². The van der Waals surface area contributed by atoms with Crippen molar-refractivity contribution in [2.45, 2.75) is 44.8 Å². The van der Waals surface area contributed by atoms with E-state index < -0.39 is 0 Å². The number of aromatic nitrogens is 2. The maximum absolute atomic E-state index is 12.6. The highest BCUT2D eigenvalue weighted by molar-refractivity contribution is 5.92. The van der Waals surface area contributed by atoms with Crippen LogP contribution in [-0.4, -0.2) is 34.4 Å². The molecule has 0 unspecified atom stereocenters. The Bertz CT molecular complexity index is 737. The molecule has 2 heterocycles. The molecule has 1 amide bonds. The van der Waals surface area contributed by atoms with Crippen molar-refractivity contribution in [3.8, 4) is 5.75 Å². The maximum atomic E-state index is 12.6. The lowest BCUT2D eigenvalue weighted by molar-refractivity contribution is 0.0233. The van der Waals surface area contributed by atoms with Crippen molar-refractivity contribution in [1.29, 1.82) is 0 Å². The topological polar surface area (TPSA) is 97.5 Å². The van der Waals surface area contributed by atoms with Gasteiger partial charge in [0, 0.05) is 18.2 Å². The maximum Gasteiger partial charge on any atom is 0.273 e. The molecule has 1 aliphatic rings. The van der Waals surface area contributed by atoms with Gasteiger partial charge in [-0.05, 0) is 30.4 Å². The summed E-state index contributed by atoms with van der Waals surface area (Å²) in [4.78, 5) is 16.8. The minimum absolute atomic E-state index is 0.143. The average molecular weight is 345 g/mol. The fraction of sp³-hybridized carbons (Fsp3) is 0.500.